The van der Waals surface area contributed by atoms with E-state index in [0.717, 1.165) is 37.7 Å². The van der Waals surface area contributed by atoms with Crippen LogP contribution in [0.4, 0.5) is 11.4 Å². The number of H-pyrrole nitrogens is 1. The van der Waals surface area contributed by atoms with Gasteiger partial charge < -0.3 is 27.2 Å². The van der Waals surface area contributed by atoms with E-state index in [1.54, 1.807) is 24.3 Å². The Morgan fingerprint density at radius 2 is 1.79 bits per heavy atom. The summed E-state index contributed by atoms with van der Waals surface area (Å²) in [7, 11) is 0. The van der Waals surface area contributed by atoms with Gasteiger partial charge in [0, 0.05) is 28.6 Å². The number of carbonyl (C=O) groups excluding carboxylic acids is 2. The third-order valence-electron chi connectivity index (χ3n) is 6.68. The number of hydrogen-bond acceptors (Lipinski definition) is 5. The largest absolute Gasteiger partial charge is 0.398 e. The van der Waals surface area contributed by atoms with E-state index in [1.807, 2.05) is 6.07 Å². The minimum absolute atomic E-state index is 0.146. The number of anilines is 2. The number of nitrogens with one attached hydrogen (secondary N) is 3. The molecule has 0 saturated heterocycles. The first-order chi connectivity index (χ1) is 15.8. The maximum atomic E-state index is 13.5. The van der Waals surface area contributed by atoms with Crippen molar-refractivity contribution in [2.75, 3.05) is 11.1 Å². The van der Waals surface area contributed by atoms with Crippen molar-refractivity contribution in [1.29, 1.82) is 5.41 Å². The van der Waals surface area contributed by atoms with Crippen molar-refractivity contribution in [2.24, 2.45) is 11.7 Å². The van der Waals surface area contributed by atoms with Gasteiger partial charge in [-0.2, -0.15) is 0 Å². The fourth-order valence-corrected chi connectivity index (χ4v) is 4.43. The van der Waals surface area contributed by atoms with Gasteiger partial charge in [0.15, 0.2) is 0 Å². The summed E-state index contributed by atoms with van der Waals surface area (Å²) in [5.41, 5.74) is 14.4. The molecule has 0 aliphatic heterocycles. The van der Waals surface area contributed by atoms with Gasteiger partial charge >= 0.3 is 0 Å². The molecule has 1 aromatic heterocycles. The molecule has 2 aliphatic rings. The number of aromatic amines is 1. The molecule has 8 heteroatoms. The molecule has 2 fully saturated rings. The first-order valence-corrected chi connectivity index (χ1v) is 11.1. The number of nitrogen functional groups attached to an aromatic ring is 1. The number of benzene rings is 2. The van der Waals surface area contributed by atoms with E-state index in [9.17, 15) is 14.4 Å². The van der Waals surface area contributed by atoms with Gasteiger partial charge in [-0.3, -0.25) is 14.4 Å². The molecule has 168 valence electrons. The number of amides is 2. The van der Waals surface area contributed by atoms with E-state index < -0.39 is 11.5 Å². The van der Waals surface area contributed by atoms with Crippen LogP contribution in [0.15, 0.2) is 41.2 Å². The number of primary amides is 1. The minimum Gasteiger partial charge on any atom is -0.398 e. The summed E-state index contributed by atoms with van der Waals surface area (Å²) in [5, 5.41) is 11.9. The first-order valence-electron chi connectivity index (χ1n) is 11.1. The third kappa shape index (κ3) is 3.77. The monoisotopic (exact) mass is 443 g/mol. The van der Waals surface area contributed by atoms with Gasteiger partial charge in [-0.1, -0.05) is 18.6 Å². The Balaban J connectivity index is 1.58. The van der Waals surface area contributed by atoms with Gasteiger partial charge in [0.25, 0.3) is 17.4 Å². The fourth-order valence-electron chi connectivity index (χ4n) is 4.43. The Morgan fingerprint density at radius 3 is 2.42 bits per heavy atom. The molecule has 0 unspecified atom stereocenters. The van der Waals surface area contributed by atoms with Gasteiger partial charge in [-0.25, -0.2) is 0 Å². The molecule has 0 radical (unpaired) electrons. The number of pyridine rings is 1. The summed E-state index contributed by atoms with van der Waals surface area (Å²) in [6, 6.07) is 10.3. The molecule has 2 saturated carbocycles. The number of nitrogens with two attached hydrogens (primary N) is 2. The molecule has 2 aliphatic carbocycles. The van der Waals surface area contributed by atoms with E-state index >= 15 is 0 Å². The van der Waals surface area contributed by atoms with Crippen LogP contribution in [0.3, 0.4) is 0 Å². The van der Waals surface area contributed by atoms with Crippen molar-refractivity contribution >= 4 is 39.8 Å². The first kappa shape index (κ1) is 20.9. The number of fused-ring (bicyclic) bond motifs is 1. The van der Waals surface area contributed by atoms with E-state index in [-0.39, 0.29) is 23.3 Å². The molecule has 0 atom stereocenters. The van der Waals surface area contributed by atoms with E-state index in [1.165, 1.54) is 6.07 Å². The van der Waals surface area contributed by atoms with Crippen molar-refractivity contribution in [1.82, 2.24) is 4.98 Å². The second kappa shape index (κ2) is 7.88. The molecule has 2 aromatic carbocycles. The maximum Gasteiger partial charge on any atom is 0.261 e. The van der Waals surface area contributed by atoms with E-state index in [4.69, 9.17) is 16.9 Å². The van der Waals surface area contributed by atoms with Crippen molar-refractivity contribution in [3.63, 3.8) is 0 Å². The summed E-state index contributed by atoms with van der Waals surface area (Å²) < 4.78 is 0. The lowest BCUT2D eigenvalue weighted by Crippen LogP contribution is -2.25. The zero-order valence-electron chi connectivity index (χ0n) is 18.0. The molecular formula is C25H25N5O3. The Labute approximate surface area is 189 Å². The van der Waals surface area contributed by atoms with Crippen molar-refractivity contribution < 1.29 is 9.59 Å². The number of rotatable bonds is 6. The third-order valence-corrected chi connectivity index (χ3v) is 6.68. The van der Waals surface area contributed by atoms with Gasteiger partial charge in [-0.15, -0.1) is 0 Å². The smallest absolute Gasteiger partial charge is 0.261 e. The fraction of sp³-hybridized carbons (Fsp3) is 0.280. The van der Waals surface area contributed by atoms with Crippen LogP contribution in [0.5, 0.6) is 0 Å². The quantitative estimate of drug-likeness (QED) is 0.292. The summed E-state index contributed by atoms with van der Waals surface area (Å²) in [5.74, 6) is -0.719. The lowest BCUT2D eigenvalue weighted by molar-refractivity contribution is 0.0997. The molecule has 3 aromatic rings. The van der Waals surface area contributed by atoms with Crippen LogP contribution in [0.25, 0.3) is 10.9 Å². The van der Waals surface area contributed by atoms with Gasteiger partial charge in [0.1, 0.15) is 5.56 Å². The highest BCUT2D eigenvalue weighted by molar-refractivity contribution is 6.14. The molecular weight excluding hydrogens is 418 g/mol. The second-order valence-corrected chi connectivity index (χ2v) is 8.94. The lowest BCUT2D eigenvalue weighted by Gasteiger charge is -2.28. The Bertz CT molecular complexity index is 1380. The van der Waals surface area contributed by atoms with Crippen molar-refractivity contribution in [3.8, 4) is 0 Å². The zero-order chi connectivity index (χ0) is 23.3. The molecule has 8 nitrogen and oxygen atoms in total. The van der Waals surface area contributed by atoms with Crippen LogP contribution >= 0.6 is 0 Å². The molecule has 0 bridgehead atoms. The molecule has 0 spiro atoms. The lowest BCUT2D eigenvalue weighted by atomic mass is 9.77. The highest BCUT2D eigenvalue weighted by Gasteiger charge is 2.29. The Morgan fingerprint density at radius 1 is 1.03 bits per heavy atom. The number of aromatic nitrogens is 1. The predicted octanol–water partition coefficient (Wildman–Crippen LogP) is 3.51. The minimum atomic E-state index is -0.820. The molecule has 33 heavy (non-hydrogen) atoms. The predicted molar refractivity (Wildman–Crippen MR) is 128 cm³/mol. The molecule has 2 amide bonds. The van der Waals surface area contributed by atoms with E-state index in [2.05, 4.69) is 10.3 Å². The van der Waals surface area contributed by atoms with Crippen LogP contribution in [-0.2, 0) is 0 Å². The van der Waals surface area contributed by atoms with Crippen LogP contribution in [-0.4, -0.2) is 22.5 Å². The summed E-state index contributed by atoms with van der Waals surface area (Å²) in [4.78, 5) is 40.3. The highest BCUT2D eigenvalue weighted by atomic mass is 16.2. The number of hydrogen-bond donors (Lipinski definition) is 5. The Hall–Kier alpha value is -3.94. The average Bonchev–Trinajstić information content (AvgIpc) is 3.58. The van der Waals surface area contributed by atoms with Gasteiger partial charge in [-0.05, 0) is 66.8 Å². The van der Waals surface area contributed by atoms with Crippen LogP contribution < -0.4 is 22.3 Å². The average molecular weight is 444 g/mol. The number of carbonyl (C=O) groups is 2. The van der Waals surface area contributed by atoms with E-state index in [0.29, 0.717) is 39.1 Å². The summed E-state index contributed by atoms with van der Waals surface area (Å²) in [6.45, 7) is 0. The van der Waals surface area contributed by atoms with Gasteiger partial charge in [0.05, 0.1) is 11.1 Å². The van der Waals surface area contributed by atoms with Crippen LogP contribution in [0, 0.1) is 11.3 Å². The normalized spacial score (nSPS) is 15.8. The zero-order valence-corrected chi connectivity index (χ0v) is 18.0. The molecule has 5 rings (SSSR count). The second-order valence-electron chi connectivity index (χ2n) is 8.94. The molecule has 1 heterocycles. The summed E-state index contributed by atoms with van der Waals surface area (Å²) in [6.07, 6.45) is 5.00. The van der Waals surface area contributed by atoms with Crippen LogP contribution in [0.2, 0.25) is 0 Å². The maximum absolute atomic E-state index is 13.5. The standard InChI is InChI=1S/C25H25N5O3/c26-19-9-7-15(11-17(19)21(27)13-4-5-13)29-25(33)20-16(12-2-1-3-12)8-6-14-10-18(23(28)31)24(32)30-22(14)20/h6-13,27H,1-5,26H2,(H2,28,31)(H,29,33)(H,30,32). The van der Waals surface area contributed by atoms with Crippen LogP contribution in [0.1, 0.15) is 69.9 Å². The van der Waals surface area contributed by atoms with Crippen molar-refractivity contribution in [2.45, 2.75) is 38.0 Å². The van der Waals surface area contributed by atoms with Crippen molar-refractivity contribution in [3.05, 3.63) is 69.0 Å². The summed E-state index contributed by atoms with van der Waals surface area (Å²) >= 11 is 0. The topological polar surface area (TPSA) is 155 Å². The SMILES string of the molecule is N=C(c1cc(NC(=O)c2c(C3CCC3)ccc3cc(C(N)=O)c(=O)[nH]c23)ccc1N)C1CC1. The Kier molecular flexibility index (Phi) is 5.00. The molecule has 7 N–H and O–H groups in total. The van der Waals surface area contributed by atoms with Gasteiger partial charge in [0.2, 0.25) is 0 Å². The highest BCUT2D eigenvalue weighted by Crippen LogP contribution is 2.40.